The van der Waals surface area contributed by atoms with Crippen molar-refractivity contribution < 1.29 is 17.9 Å². The summed E-state index contributed by atoms with van der Waals surface area (Å²) < 4.78 is 28.0. The van der Waals surface area contributed by atoms with Crippen molar-refractivity contribution >= 4 is 15.6 Å². The van der Waals surface area contributed by atoms with Gasteiger partial charge in [-0.25, -0.2) is 8.42 Å². The lowest BCUT2D eigenvalue weighted by Crippen LogP contribution is -2.42. The zero-order valence-electron chi connectivity index (χ0n) is 11.8. The van der Waals surface area contributed by atoms with Gasteiger partial charge in [0.05, 0.1) is 30.7 Å². The number of Topliss-reactive ketones (excluding diaryl/α,β-unsaturated/α-hetero) is 1. The standard InChI is InChI=1S/C14H19NO4S/c1-11-3-4-12(14(9-11)19-2)13(16)10-15-5-7-20(17,18)8-6-15/h3-4,9H,5-8,10H2,1-2H3. The fourth-order valence-corrected chi connectivity index (χ4v) is 3.50. The van der Waals surface area contributed by atoms with E-state index in [2.05, 4.69) is 0 Å². The minimum Gasteiger partial charge on any atom is -0.496 e. The predicted octanol–water partition coefficient (Wildman–Crippen LogP) is 0.917. The number of rotatable bonds is 4. The Bertz CT molecular complexity index is 596. The van der Waals surface area contributed by atoms with Gasteiger partial charge in [0.1, 0.15) is 5.75 Å². The monoisotopic (exact) mass is 297 g/mol. The summed E-state index contributed by atoms with van der Waals surface area (Å²) in [5.41, 5.74) is 1.58. The molecule has 1 fully saturated rings. The van der Waals surface area contributed by atoms with E-state index >= 15 is 0 Å². The Kier molecular flexibility index (Phi) is 4.45. The van der Waals surface area contributed by atoms with Crippen molar-refractivity contribution in [2.24, 2.45) is 0 Å². The fourth-order valence-electron chi connectivity index (χ4n) is 2.23. The second kappa shape index (κ2) is 5.93. The Labute approximate surface area is 119 Å². The molecule has 0 bridgehead atoms. The molecule has 0 unspecified atom stereocenters. The van der Waals surface area contributed by atoms with Crippen LogP contribution >= 0.6 is 0 Å². The van der Waals surface area contributed by atoms with Crippen LogP contribution in [-0.2, 0) is 9.84 Å². The highest BCUT2D eigenvalue weighted by molar-refractivity contribution is 7.91. The average Bonchev–Trinajstić information content (AvgIpc) is 2.40. The van der Waals surface area contributed by atoms with Gasteiger partial charge in [-0.15, -0.1) is 0 Å². The highest BCUT2D eigenvalue weighted by Crippen LogP contribution is 2.21. The van der Waals surface area contributed by atoms with Gasteiger partial charge in [-0.3, -0.25) is 9.69 Å². The molecule has 0 N–H and O–H groups in total. The first-order chi connectivity index (χ1) is 9.41. The van der Waals surface area contributed by atoms with E-state index in [0.717, 1.165) is 5.56 Å². The van der Waals surface area contributed by atoms with Crippen molar-refractivity contribution in [1.82, 2.24) is 4.90 Å². The van der Waals surface area contributed by atoms with Crippen molar-refractivity contribution in [3.8, 4) is 5.75 Å². The van der Waals surface area contributed by atoms with Crippen LogP contribution in [0.2, 0.25) is 0 Å². The van der Waals surface area contributed by atoms with E-state index in [4.69, 9.17) is 4.74 Å². The summed E-state index contributed by atoms with van der Waals surface area (Å²) in [5.74, 6) is 0.789. The molecule has 2 rings (SSSR count). The molecule has 6 heteroatoms. The van der Waals surface area contributed by atoms with E-state index in [1.165, 1.54) is 0 Å². The summed E-state index contributed by atoms with van der Waals surface area (Å²) >= 11 is 0. The van der Waals surface area contributed by atoms with E-state index < -0.39 is 9.84 Å². The maximum atomic E-state index is 12.3. The van der Waals surface area contributed by atoms with Crippen molar-refractivity contribution in [3.63, 3.8) is 0 Å². The quantitative estimate of drug-likeness (QED) is 0.773. The number of sulfone groups is 1. The number of aryl methyl sites for hydroxylation is 1. The third-order valence-corrected chi connectivity index (χ3v) is 5.07. The van der Waals surface area contributed by atoms with Crippen LogP contribution in [0.25, 0.3) is 0 Å². The predicted molar refractivity (Wildman–Crippen MR) is 77.2 cm³/mol. The fraction of sp³-hybridized carbons (Fsp3) is 0.500. The summed E-state index contributed by atoms with van der Waals surface area (Å²) in [5, 5.41) is 0. The van der Waals surface area contributed by atoms with Crippen LogP contribution in [0.3, 0.4) is 0 Å². The molecule has 1 aliphatic heterocycles. The number of ketones is 1. The van der Waals surface area contributed by atoms with Gasteiger partial charge in [0.25, 0.3) is 0 Å². The smallest absolute Gasteiger partial charge is 0.180 e. The molecule has 0 aliphatic carbocycles. The molecule has 0 amide bonds. The Morgan fingerprint density at radius 2 is 1.95 bits per heavy atom. The topological polar surface area (TPSA) is 63.7 Å². The summed E-state index contributed by atoms with van der Waals surface area (Å²) in [6.07, 6.45) is 0. The maximum absolute atomic E-state index is 12.3. The lowest BCUT2D eigenvalue weighted by molar-refractivity contribution is 0.0933. The van der Waals surface area contributed by atoms with Gasteiger partial charge in [-0.1, -0.05) is 6.07 Å². The Hall–Kier alpha value is -1.40. The van der Waals surface area contributed by atoms with Gasteiger partial charge < -0.3 is 4.74 Å². The van der Waals surface area contributed by atoms with E-state index in [1.807, 2.05) is 24.0 Å². The van der Waals surface area contributed by atoms with E-state index in [9.17, 15) is 13.2 Å². The molecule has 5 nitrogen and oxygen atoms in total. The highest BCUT2D eigenvalue weighted by Gasteiger charge is 2.24. The van der Waals surface area contributed by atoms with Crippen molar-refractivity contribution in [3.05, 3.63) is 29.3 Å². The summed E-state index contributed by atoms with van der Waals surface area (Å²) in [7, 11) is -1.37. The number of carbonyl (C=O) groups excluding carboxylic acids is 1. The van der Waals surface area contributed by atoms with Crippen molar-refractivity contribution in [2.75, 3.05) is 38.2 Å². The summed E-state index contributed by atoms with van der Waals surface area (Å²) in [4.78, 5) is 14.2. The molecule has 1 heterocycles. The number of benzene rings is 1. The molecule has 110 valence electrons. The van der Waals surface area contributed by atoms with Crippen LogP contribution in [0.1, 0.15) is 15.9 Å². The molecule has 1 aromatic carbocycles. The largest absolute Gasteiger partial charge is 0.496 e. The molecule has 0 atom stereocenters. The number of hydrogen-bond acceptors (Lipinski definition) is 5. The summed E-state index contributed by atoms with van der Waals surface area (Å²) in [6.45, 7) is 3.01. The Balaban J connectivity index is 2.06. The van der Waals surface area contributed by atoms with Gasteiger partial charge in [0.2, 0.25) is 0 Å². The molecule has 0 spiro atoms. The first kappa shape index (κ1) is 15.0. The van der Waals surface area contributed by atoms with Gasteiger partial charge in [0.15, 0.2) is 15.6 Å². The zero-order chi connectivity index (χ0) is 14.8. The second-order valence-electron chi connectivity index (χ2n) is 5.05. The van der Waals surface area contributed by atoms with E-state index in [-0.39, 0.29) is 23.8 Å². The zero-order valence-corrected chi connectivity index (χ0v) is 12.6. The van der Waals surface area contributed by atoms with Gasteiger partial charge in [0, 0.05) is 13.1 Å². The van der Waals surface area contributed by atoms with Crippen molar-refractivity contribution in [1.29, 1.82) is 0 Å². The van der Waals surface area contributed by atoms with Gasteiger partial charge in [-0.05, 0) is 24.6 Å². The Morgan fingerprint density at radius 3 is 2.55 bits per heavy atom. The molecular weight excluding hydrogens is 278 g/mol. The Morgan fingerprint density at radius 1 is 1.30 bits per heavy atom. The lowest BCUT2D eigenvalue weighted by Gasteiger charge is -2.25. The second-order valence-corrected chi connectivity index (χ2v) is 7.36. The lowest BCUT2D eigenvalue weighted by atomic mass is 10.1. The third kappa shape index (κ3) is 3.58. The molecular formula is C14H19NO4S. The van der Waals surface area contributed by atoms with Crippen LogP contribution < -0.4 is 4.74 Å². The maximum Gasteiger partial charge on any atom is 0.180 e. The van der Waals surface area contributed by atoms with Crippen LogP contribution in [0, 0.1) is 6.92 Å². The molecule has 1 aliphatic rings. The van der Waals surface area contributed by atoms with E-state index in [1.54, 1.807) is 13.2 Å². The summed E-state index contributed by atoms with van der Waals surface area (Å²) in [6, 6.07) is 5.46. The van der Waals surface area contributed by atoms with Crippen molar-refractivity contribution in [2.45, 2.75) is 6.92 Å². The molecule has 1 aromatic rings. The third-order valence-electron chi connectivity index (χ3n) is 3.46. The number of carbonyl (C=O) groups is 1. The minimum absolute atomic E-state index is 0.0406. The van der Waals surface area contributed by atoms with Gasteiger partial charge in [-0.2, -0.15) is 0 Å². The van der Waals surface area contributed by atoms with Crippen LogP contribution in [0.4, 0.5) is 0 Å². The number of ether oxygens (including phenoxy) is 1. The molecule has 1 saturated heterocycles. The number of hydrogen-bond donors (Lipinski definition) is 0. The normalized spacial score (nSPS) is 18.7. The average molecular weight is 297 g/mol. The molecule has 0 radical (unpaired) electrons. The first-order valence-electron chi connectivity index (χ1n) is 6.52. The SMILES string of the molecule is COc1cc(C)ccc1C(=O)CN1CCS(=O)(=O)CC1. The van der Waals surface area contributed by atoms with Gasteiger partial charge >= 0.3 is 0 Å². The van der Waals surface area contributed by atoms with Crippen LogP contribution in [-0.4, -0.2) is 57.4 Å². The number of methoxy groups -OCH3 is 1. The number of nitrogens with zero attached hydrogens (tertiary/aromatic N) is 1. The van der Waals surface area contributed by atoms with Crippen LogP contribution in [0.5, 0.6) is 5.75 Å². The molecule has 0 aromatic heterocycles. The first-order valence-corrected chi connectivity index (χ1v) is 8.34. The molecule has 0 saturated carbocycles. The van der Waals surface area contributed by atoms with E-state index in [0.29, 0.717) is 24.4 Å². The minimum atomic E-state index is -2.91. The highest BCUT2D eigenvalue weighted by atomic mass is 32.2. The van der Waals surface area contributed by atoms with Crippen LogP contribution in [0.15, 0.2) is 18.2 Å². The molecule has 20 heavy (non-hydrogen) atoms.